The van der Waals surface area contributed by atoms with E-state index in [4.69, 9.17) is 0 Å². The molecule has 1 aliphatic heterocycles. The Kier molecular flexibility index (Phi) is 1.02. The third kappa shape index (κ3) is 0.565. The molecule has 1 unspecified atom stereocenters. The van der Waals surface area contributed by atoms with Gasteiger partial charge in [0.1, 0.15) is 0 Å². The zero-order chi connectivity index (χ0) is 5.40. The molecule has 2 fully saturated rings. The van der Waals surface area contributed by atoms with Crippen LogP contribution in [0.1, 0.15) is 12.8 Å². The van der Waals surface area contributed by atoms with Crippen LogP contribution in [0.15, 0.2) is 0 Å². The predicted octanol–water partition coefficient (Wildman–Crippen LogP) is -0.290. The van der Waals surface area contributed by atoms with Crippen LogP contribution in [0.2, 0.25) is 0 Å². The Hall–Kier alpha value is -0.0800. The first-order valence-corrected chi connectivity index (χ1v) is 3.43. The zero-order valence-corrected chi connectivity index (χ0v) is 4.98. The van der Waals surface area contributed by atoms with Crippen LogP contribution in [0, 0.1) is 0 Å². The number of nitrogens with one attached hydrogen (secondary N) is 2. The molecule has 0 amide bonds. The monoisotopic (exact) mass is 112 g/mol. The molecule has 2 rings (SSSR count). The van der Waals surface area contributed by atoms with Crippen molar-refractivity contribution in [3.63, 3.8) is 0 Å². The first kappa shape index (κ1) is 4.77. The second kappa shape index (κ2) is 1.71. The highest BCUT2D eigenvalue weighted by Gasteiger charge is 2.31. The standard InChI is InChI=1S/C6H12N2/c1-2-6-5(1)7-3-4-8-6/h5-8H,1-4H2/t5-,6?/m1/s1. The van der Waals surface area contributed by atoms with Crippen molar-refractivity contribution >= 4 is 0 Å². The molecule has 1 saturated carbocycles. The normalized spacial score (nSPS) is 45.0. The van der Waals surface area contributed by atoms with Gasteiger partial charge in [0.2, 0.25) is 0 Å². The van der Waals surface area contributed by atoms with Crippen molar-refractivity contribution < 1.29 is 0 Å². The van der Waals surface area contributed by atoms with Crippen molar-refractivity contribution in [3.05, 3.63) is 0 Å². The van der Waals surface area contributed by atoms with E-state index in [-0.39, 0.29) is 0 Å². The molecule has 2 N–H and O–H groups in total. The first-order chi connectivity index (χ1) is 3.97. The highest BCUT2D eigenvalue weighted by molar-refractivity contribution is 4.95. The van der Waals surface area contributed by atoms with E-state index in [1.807, 2.05) is 0 Å². The second-order valence-electron chi connectivity index (χ2n) is 2.70. The van der Waals surface area contributed by atoms with Crippen molar-refractivity contribution in [2.24, 2.45) is 0 Å². The number of hydrogen-bond donors (Lipinski definition) is 2. The van der Waals surface area contributed by atoms with Crippen LogP contribution in [0.4, 0.5) is 0 Å². The van der Waals surface area contributed by atoms with Gasteiger partial charge in [-0.05, 0) is 12.8 Å². The van der Waals surface area contributed by atoms with Gasteiger partial charge < -0.3 is 10.6 Å². The Morgan fingerprint density at radius 2 is 1.38 bits per heavy atom. The summed E-state index contributed by atoms with van der Waals surface area (Å²) in [5.74, 6) is 0. The van der Waals surface area contributed by atoms with Crippen LogP contribution < -0.4 is 10.6 Å². The van der Waals surface area contributed by atoms with Crippen molar-refractivity contribution in [3.8, 4) is 0 Å². The lowest BCUT2D eigenvalue weighted by Gasteiger charge is -2.41. The molecule has 0 bridgehead atoms. The van der Waals surface area contributed by atoms with E-state index in [9.17, 15) is 0 Å². The molecule has 2 aliphatic rings. The van der Waals surface area contributed by atoms with Crippen LogP contribution in [0.3, 0.4) is 0 Å². The summed E-state index contributed by atoms with van der Waals surface area (Å²) in [5, 5.41) is 6.91. The smallest absolute Gasteiger partial charge is 0.0222 e. The highest BCUT2D eigenvalue weighted by Crippen LogP contribution is 2.20. The molecule has 2 atom stereocenters. The van der Waals surface area contributed by atoms with Crippen LogP contribution >= 0.6 is 0 Å². The molecule has 0 spiro atoms. The van der Waals surface area contributed by atoms with Gasteiger partial charge in [-0.3, -0.25) is 0 Å². The van der Waals surface area contributed by atoms with Crippen molar-refractivity contribution in [2.45, 2.75) is 24.9 Å². The third-order valence-corrected chi connectivity index (χ3v) is 2.21. The maximum atomic E-state index is 3.46. The molecule has 2 heteroatoms. The second-order valence-corrected chi connectivity index (χ2v) is 2.70. The molecule has 0 radical (unpaired) electrons. The molecule has 0 aromatic carbocycles. The molecular weight excluding hydrogens is 100 g/mol. The first-order valence-electron chi connectivity index (χ1n) is 3.43. The quantitative estimate of drug-likeness (QED) is 0.450. The van der Waals surface area contributed by atoms with Crippen LogP contribution in [-0.4, -0.2) is 25.2 Å². The fraction of sp³-hybridized carbons (Fsp3) is 1.00. The lowest BCUT2D eigenvalue weighted by molar-refractivity contribution is 0.206. The fourth-order valence-electron chi connectivity index (χ4n) is 1.50. The Morgan fingerprint density at radius 3 is 1.62 bits per heavy atom. The summed E-state index contributed by atoms with van der Waals surface area (Å²) < 4.78 is 0. The van der Waals surface area contributed by atoms with E-state index in [1.165, 1.54) is 25.9 Å². The van der Waals surface area contributed by atoms with E-state index in [2.05, 4.69) is 10.6 Å². The van der Waals surface area contributed by atoms with Gasteiger partial charge in [-0.25, -0.2) is 0 Å². The SMILES string of the molecule is C1CN[C@@H]2CCC2N1. The van der Waals surface area contributed by atoms with Gasteiger partial charge in [-0.1, -0.05) is 0 Å². The predicted molar refractivity (Wildman–Crippen MR) is 32.8 cm³/mol. The molecule has 46 valence electrons. The minimum absolute atomic E-state index is 0.823. The van der Waals surface area contributed by atoms with Crippen molar-refractivity contribution in [2.75, 3.05) is 13.1 Å². The Balaban J connectivity index is 1.92. The summed E-state index contributed by atoms with van der Waals surface area (Å²) in [4.78, 5) is 0. The minimum atomic E-state index is 0.823. The Labute approximate surface area is 49.7 Å². The molecular formula is C6H12N2. The van der Waals surface area contributed by atoms with Gasteiger partial charge >= 0.3 is 0 Å². The summed E-state index contributed by atoms with van der Waals surface area (Å²) >= 11 is 0. The number of fused-ring (bicyclic) bond motifs is 1. The van der Waals surface area contributed by atoms with E-state index in [0.717, 1.165) is 12.1 Å². The van der Waals surface area contributed by atoms with Gasteiger partial charge in [-0.2, -0.15) is 0 Å². The third-order valence-electron chi connectivity index (χ3n) is 2.21. The highest BCUT2D eigenvalue weighted by atomic mass is 15.1. The molecule has 1 aliphatic carbocycles. The van der Waals surface area contributed by atoms with E-state index < -0.39 is 0 Å². The molecule has 0 aromatic heterocycles. The van der Waals surface area contributed by atoms with Crippen LogP contribution in [-0.2, 0) is 0 Å². The van der Waals surface area contributed by atoms with Gasteiger partial charge in [0.05, 0.1) is 0 Å². The molecule has 2 nitrogen and oxygen atoms in total. The summed E-state index contributed by atoms with van der Waals surface area (Å²) in [6.07, 6.45) is 2.77. The Morgan fingerprint density at radius 1 is 0.875 bits per heavy atom. The molecule has 1 heterocycles. The average molecular weight is 112 g/mol. The summed E-state index contributed by atoms with van der Waals surface area (Å²) in [6.45, 7) is 2.34. The van der Waals surface area contributed by atoms with Crippen molar-refractivity contribution in [1.82, 2.24) is 10.6 Å². The van der Waals surface area contributed by atoms with Crippen LogP contribution in [0.25, 0.3) is 0 Å². The lowest BCUT2D eigenvalue weighted by Crippen LogP contribution is -2.61. The van der Waals surface area contributed by atoms with Gasteiger partial charge in [-0.15, -0.1) is 0 Å². The van der Waals surface area contributed by atoms with E-state index in [1.54, 1.807) is 0 Å². The fourth-order valence-corrected chi connectivity index (χ4v) is 1.50. The summed E-state index contributed by atoms with van der Waals surface area (Å²) in [5.41, 5.74) is 0. The number of hydrogen-bond acceptors (Lipinski definition) is 2. The van der Waals surface area contributed by atoms with Crippen LogP contribution in [0.5, 0.6) is 0 Å². The van der Waals surface area contributed by atoms with Gasteiger partial charge in [0, 0.05) is 25.2 Å². The topological polar surface area (TPSA) is 24.1 Å². The molecule has 8 heavy (non-hydrogen) atoms. The molecule has 0 aromatic rings. The minimum Gasteiger partial charge on any atom is -0.311 e. The van der Waals surface area contributed by atoms with E-state index >= 15 is 0 Å². The molecule has 1 saturated heterocycles. The lowest BCUT2D eigenvalue weighted by atomic mass is 9.85. The maximum absolute atomic E-state index is 3.46. The summed E-state index contributed by atoms with van der Waals surface area (Å²) in [6, 6.07) is 1.65. The Bertz CT molecular complexity index is 80.5. The zero-order valence-electron chi connectivity index (χ0n) is 4.98. The van der Waals surface area contributed by atoms with Gasteiger partial charge in [0.15, 0.2) is 0 Å². The number of piperazine rings is 1. The van der Waals surface area contributed by atoms with Crippen molar-refractivity contribution in [1.29, 1.82) is 0 Å². The average Bonchev–Trinajstić information content (AvgIpc) is 1.72. The maximum Gasteiger partial charge on any atom is 0.0222 e. The van der Waals surface area contributed by atoms with E-state index in [0.29, 0.717) is 0 Å². The van der Waals surface area contributed by atoms with Gasteiger partial charge in [0.25, 0.3) is 0 Å². The largest absolute Gasteiger partial charge is 0.311 e. The number of rotatable bonds is 0. The summed E-state index contributed by atoms with van der Waals surface area (Å²) in [7, 11) is 0.